The number of methoxy groups -OCH3 is 1. The summed E-state index contributed by atoms with van der Waals surface area (Å²) in [6.45, 7) is 6.07. The molecule has 1 atom stereocenters. The molecule has 1 aromatic carbocycles. The Labute approximate surface area is 196 Å². The van der Waals surface area contributed by atoms with Gasteiger partial charge in [0.1, 0.15) is 0 Å². The number of para-hydroxylation sites is 1. The summed E-state index contributed by atoms with van der Waals surface area (Å²) in [6.07, 6.45) is 4.64. The van der Waals surface area contributed by atoms with Crippen LogP contribution in [0, 0.1) is 5.41 Å². The van der Waals surface area contributed by atoms with Gasteiger partial charge < -0.3 is 24.7 Å². The SMILES string of the molecule is COCC1(CNC(=O)c2occc2CN2c3ccccc3CC2C)CCNCC1.Cl.Cl. The average Bonchev–Trinajstić information content (AvgIpc) is 3.32. The first-order valence-electron chi connectivity index (χ1n) is 10.5. The minimum Gasteiger partial charge on any atom is -0.459 e. The predicted molar refractivity (Wildman–Crippen MR) is 128 cm³/mol. The third-order valence-electron chi connectivity index (χ3n) is 6.38. The second-order valence-corrected chi connectivity index (χ2v) is 8.45. The van der Waals surface area contributed by atoms with Gasteiger partial charge >= 0.3 is 0 Å². The molecule has 0 aliphatic carbocycles. The van der Waals surface area contributed by atoms with Crippen molar-refractivity contribution in [3.05, 3.63) is 53.5 Å². The van der Waals surface area contributed by atoms with Crippen LogP contribution in [0.5, 0.6) is 0 Å². The highest BCUT2D eigenvalue weighted by atomic mass is 35.5. The Morgan fingerprint density at radius 2 is 2.00 bits per heavy atom. The number of fused-ring (bicyclic) bond motifs is 1. The van der Waals surface area contributed by atoms with E-state index in [-0.39, 0.29) is 36.1 Å². The molecule has 0 radical (unpaired) electrons. The monoisotopic (exact) mass is 469 g/mol. The van der Waals surface area contributed by atoms with Gasteiger partial charge in [-0.05, 0) is 57.0 Å². The fraction of sp³-hybridized carbons (Fsp3) is 0.522. The Balaban J connectivity index is 0.00000171. The maximum absolute atomic E-state index is 12.9. The summed E-state index contributed by atoms with van der Waals surface area (Å²) < 4.78 is 11.1. The molecular weight excluding hydrogens is 437 g/mol. The molecule has 1 unspecified atom stereocenters. The lowest BCUT2D eigenvalue weighted by atomic mass is 9.79. The van der Waals surface area contributed by atoms with Crippen molar-refractivity contribution in [1.29, 1.82) is 0 Å². The van der Waals surface area contributed by atoms with Gasteiger partial charge in [0.15, 0.2) is 5.76 Å². The van der Waals surface area contributed by atoms with E-state index in [4.69, 9.17) is 9.15 Å². The van der Waals surface area contributed by atoms with E-state index >= 15 is 0 Å². The quantitative estimate of drug-likeness (QED) is 0.644. The lowest BCUT2D eigenvalue weighted by Crippen LogP contribution is -2.47. The third-order valence-corrected chi connectivity index (χ3v) is 6.38. The van der Waals surface area contributed by atoms with E-state index in [1.54, 1.807) is 13.4 Å². The number of furan rings is 1. The summed E-state index contributed by atoms with van der Waals surface area (Å²) in [5, 5.41) is 6.50. The van der Waals surface area contributed by atoms with Crippen LogP contribution in [0.25, 0.3) is 0 Å². The van der Waals surface area contributed by atoms with Gasteiger partial charge in [0.05, 0.1) is 12.9 Å². The van der Waals surface area contributed by atoms with Crippen molar-refractivity contribution in [2.45, 2.75) is 38.8 Å². The van der Waals surface area contributed by atoms with Crippen molar-refractivity contribution in [3.63, 3.8) is 0 Å². The molecule has 4 rings (SSSR count). The van der Waals surface area contributed by atoms with E-state index in [1.165, 1.54) is 11.3 Å². The zero-order valence-electron chi connectivity index (χ0n) is 18.2. The van der Waals surface area contributed by atoms with Crippen LogP contribution in [-0.4, -0.2) is 45.3 Å². The number of hydrogen-bond donors (Lipinski definition) is 2. The Hall–Kier alpha value is -1.73. The highest BCUT2D eigenvalue weighted by Gasteiger charge is 2.33. The molecule has 0 spiro atoms. The van der Waals surface area contributed by atoms with Crippen LogP contribution < -0.4 is 15.5 Å². The smallest absolute Gasteiger partial charge is 0.287 e. The largest absolute Gasteiger partial charge is 0.459 e. The molecule has 31 heavy (non-hydrogen) atoms. The first kappa shape index (κ1) is 25.5. The molecule has 6 nitrogen and oxygen atoms in total. The molecule has 1 amide bonds. The first-order valence-corrected chi connectivity index (χ1v) is 10.5. The molecule has 0 saturated carbocycles. The van der Waals surface area contributed by atoms with Gasteiger partial charge in [0.25, 0.3) is 5.91 Å². The summed E-state index contributed by atoms with van der Waals surface area (Å²) in [5.41, 5.74) is 3.53. The fourth-order valence-electron chi connectivity index (χ4n) is 4.70. The van der Waals surface area contributed by atoms with Gasteiger partial charge in [0, 0.05) is 42.9 Å². The predicted octanol–water partition coefficient (Wildman–Crippen LogP) is 3.82. The van der Waals surface area contributed by atoms with Crippen molar-refractivity contribution < 1.29 is 13.9 Å². The number of halogens is 2. The number of benzene rings is 1. The van der Waals surface area contributed by atoms with Crippen LogP contribution in [0.2, 0.25) is 0 Å². The molecule has 2 aliphatic rings. The van der Waals surface area contributed by atoms with Crippen LogP contribution in [-0.2, 0) is 17.7 Å². The number of piperidine rings is 1. The Kier molecular flexibility index (Phi) is 9.25. The Morgan fingerprint density at radius 3 is 2.74 bits per heavy atom. The number of carbonyl (C=O) groups excluding carboxylic acids is 1. The van der Waals surface area contributed by atoms with E-state index in [1.807, 2.05) is 6.07 Å². The highest BCUT2D eigenvalue weighted by molar-refractivity contribution is 5.93. The molecule has 2 aromatic rings. The first-order chi connectivity index (χ1) is 14.1. The van der Waals surface area contributed by atoms with E-state index in [9.17, 15) is 4.79 Å². The van der Waals surface area contributed by atoms with Crippen LogP contribution in [0.3, 0.4) is 0 Å². The minimum atomic E-state index is -0.140. The summed E-state index contributed by atoms with van der Waals surface area (Å²) in [4.78, 5) is 15.3. The molecule has 1 aromatic heterocycles. The summed E-state index contributed by atoms with van der Waals surface area (Å²) in [6, 6.07) is 10.8. The zero-order valence-corrected chi connectivity index (χ0v) is 19.8. The van der Waals surface area contributed by atoms with Crippen LogP contribution in [0.4, 0.5) is 5.69 Å². The molecule has 0 bridgehead atoms. The van der Waals surface area contributed by atoms with Crippen molar-refractivity contribution in [2.24, 2.45) is 5.41 Å². The molecular formula is C23H33Cl2N3O3. The molecule has 2 N–H and O–H groups in total. The van der Waals surface area contributed by atoms with E-state index in [0.29, 0.717) is 31.5 Å². The van der Waals surface area contributed by atoms with Gasteiger partial charge in [-0.1, -0.05) is 18.2 Å². The topological polar surface area (TPSA) is 66.7 Å². The maximum atomic E-state index is 12.9. The van der Waals surface area contributed by atoms with Gasteiger partial charge in [-0.25, -0.2) is 0 Å². The second kappa shape index (κ2) is 11.2. The summed E-state index contributed by atoms with van der Waals surface area (Å²) in [7, 11) is 1.73. The Bertz CT molecular complexity index is 847. The standard InChI is InChI=1S/C23H31N3O3.2ClH/c1-17-13-18-5-3-4-6-20(18)26(17)14-19-7-12-29-21(19)22(27)25-15-23(16-28-2)8-10-24-11-9-23;;/h3-7,12,17,24H,8-11,13-16H2,1-2H3,(H,25,27);2*1H. The molecule has 8 heteroatoms. The van der Waals surface area contributed by atoms with Crippen LogP contribution >= 0.6 is 24.8 Å². The second-order valence-electron chi connectivity index (χ2n) is 8.45. The van der Waals surface area contributed by atoms with Crippen LogP contribution in [0.15, 0.2) is 41.0 Å². The molecule has 1 saturated heterocycles. The fourth-order valence-corrected chi connectivity index (χ4v) is 4.70. The van der Waals surface area contributed by atoms with Crippen molar-refractivity contribution in [2.75, 3.05) is 38.3 Å². The number of amides is 1. The third kappa shape index (κ3) is 5.55. The van der Waals surface area contributed by atoms with Gasteiger partial charge in [-0.15, -0.1) is 24.8 Å². The lowest BCUT2D eigenvalue weighted by molar-refractivity contribution is 0.0506. The number of nitrogens with one attached hydrogen (secondary N) is 2. The number of rotatable bonds is 7. The normalized spacial score (nSPS) is 19.2. The number of hydrogen-bond acceptors (Lipinski definition) is 5. The van der Waals surface area contributed by atoms with Crippen molar-refractivity contribution in [3.8, 4) is 0 Å². The molecule has 2 aliphatic heterocycles. The summed E-state index contributed by atoms with van der Waals surface area (Å²) >= 11 is 0. The lowest BCUT2D eigenvalue weighted by Gasteiger charge is -2.37. The number of carbonyl (C=O) groups is 1. The van der Waals surface area contributed by atoms with E-state index < -0.39 is 0 Å². The van der Waals surface area contributed by atoms with Gasteiger partial charge in [0.2, 0.25) is 0 Å². The molecule has 172 valence electrons. The number of anilines is 1. The highest BCUT2D eigenvalue weighted by Crippen LogP contribution is 2.34. The van der Waals surface area contributed by atoms with E-state index in [2.05, 4.69) is 46.7 Å². The maximum Gasteiger partial charge on any atom is 0.287 e. The zero-order chi connectivity index (χ0) is 20.3. The molecule has 3 heterocycles. The van der Waals surface area contributed by atoms with Gasteiger partial charge in [-0.3, -0.25) is 4.79 Å². The minimum absolute atomic E-state index is 0. The average molecular weight is 470 g/mol. The summed E-state index contributed by atoms with van der Waals surface area (Å²) in [5.74, 6) is 0.280. The molecule has 1 fully saturated rings. The number of nitrogens with zero attached hydrogens (tertiary/aromatic N) is 1. The van der Waals surface area contributed by atoms with Crippen molar-refractivity contribution in [1.82, 2.24) is 10.6 Å². The van der Waals surface area contributed by atoms with Crippen LogP contribution in [0.1, 0.15) is 41.4 Å². The van der Waals surface area contributed by atoms with Gasteiger partial charge in [-0.2, -0.15) is 0 Å². The Morgan fingerprint density at radius 1 is 1.26 bits per heavy atom. The number of ether oxygens (including phenoxy) is 1. The van der Waals surface area contributed by atoms with E-state index in [0.717, 1.165) is 37.9 Å². The van der Waals surface area contributed by atoms with Crippen molar-refractivity contribution >= 4 is 36.4 Å².